The molecule has 2 N–H and O–H groups in total. The van der Waals surface area contributed by atoms with Gasteiger partial charge in [0.25, 0.3) is 0 Å². The molecule has 36 heavy (non-hydrogen) atoms. The van der Waals surface area contributed by atoms with E-state index in [2.05, 4.69) is 21.8 Å². The Balaban J connectivity index is 1.73. The van der Waals surface area contributed by atoms with Crippen LogP contribution in [0.1, 0.15) is 44.7 Å². The lowest BCUT2D eigenvalue weighted by molar-refractivity contribution is 0.0215. The average molecular weight is 512 g/mol. The molecule has 1 atom stereocenters. The van der Waals surface area contributed by atoms with E-state index in [1.807, 2.05) is 25.3 Å². The molecule has 0 aliphatic carbocycles. The minimum atomic E-state index is -0.574. The quantitative estimate of drug-likeness (QED) is 0.515. The van der Waals surface area contributed by atoms with E-state index in [9.17, 15) is 4.79 Å². The van der Waals surface area contributed by atoms with Crippen LogP contribution in [-0.4, -0.2) is 57.9 Å². The summed E-state index contributed by atoms with van der Waals surface area (Å²) >= 11 is 6.87. The van der Waals surface area contributed by atoms with Crippen molar-refractivity contribution in [2.75, 3.05) is 26.5 Å². The number of nitrogen functional groups attached to an aromatic ring is 1. The molecule has 4 rings (SSSR count). The third kappa shape index (κ3) is 5.29. The number of carbonyl (C=O) groups is 1. The van der Waals surface area contributed by atoms with Crippen molar-refractivity contribution in [2.45, 2.75) is 51.8 Å². The van der Waals surface area contributed by atoms with E-state index < -0.39 is 5.60 Å². The summed E-state index contributed by atoms with van der Waals surface area (Å²) in [4.78, 5) is 23.2. The largest absolute Gasteiger partial charge is 0.497 e. The predicted molar refractivity (Wildman–Crippen MR) is 138 cm³/mol. The van der Waals surface area contributed by atoms with Gasteiger partial charge in [-0.1, -0.05) is 23.4 Å². The molecular formula is C26H30ClN5O4. The first kappa shape index (κ1) is 25.5. The fraction of sp³-hybridized carbons (Fsp3) is 0.423. The second-order valence-corrected chi connectivity index (χ2v) is 9.91. The molecule has 9 nitrogen and oxygen atoms in total. The van der Waals surface area contributed by atoms with Gasteiger partial charge in [-0.15, -0.1) is 0 Å². The van der Waals surface area contributed by atoms with Crippen LogP contribution in [-0.2, 0) is 11.3 Å². The molecular weight excluding hydrogens is 482 g/mol. The minimum absolute atomic E-state index is 0.104. The van der Waals surface area contributed by atoms with E-state index in [4.69, 9.17) is 31.5 Å². The Morgan fingerprint density at radius 2 is 1.86 bits per heavy atom. The smallest absolute Gasteiger partial charge is 0.410 e. The summed E-state index contributed by atoms with van der Waals surface area (Å²) in [5.74, 6) is 7.80. The van der Waals surface area contributed by atoms with E-state index in [1.54, 1.807) is 37.3 Å². The maximum atomic E-state index is 12.8. The zero-order chi connectivity index (χ0) is 26.0. The molecule has 0 radical (unpaired) electrons. The number of fused-ring (bicyclic) bond motifs is 1. The zero-order valence-corrected chi connectivity index (χ0v) is 21.8. The number of nitrogens with two attached hydrogens (primary N) is 1. The molecule has 10 heteroatoms. The first-order valence-corrected chi connectivity index (χ1v) is 12.0. The molecule has 1 amide bonds. The van der Waals surface area contributed by atoms with Crippen molar-refractivity contribution >= 4 is 34.5 Å². The van der Waals surface area contributed by atoms with Gasteiger partial charge in [-0.2, -0.15) is 0 Å². The lowest BCUT2D eigenvalue weighted by atomic mass is 10.1. The molecule has 3 aromatic rings. The van der Waals surface area contributed by atoms with Crippen molar-refractivity contribution in [1.29, 1.82) is 0 Å². The normalized spacial score (nSPS) is 15.5. The van der Waals surface area contributed by atoms with Gasteiger partial charge in [0.05, 0.1) is 31.2 Å². The lowest BCUT2D eigenvalue weighted by Gasteiger charge is -2.29. The van der Waals surface area contributed by atoms with Gasteiger partial charge in [-0.3, -0.25) is 0 Å². The minimum Gasteiger partial charge on any atom is -0.497 e. The summed E-state index contributed by atoms with van der Waals surface area (Å²) in [7, 11) is 3.16. The molecule has 1 aliphatic heterocycles. The molecule has 0 bridgehead atoms. The number of halogens is 1. The number of rotatable bonds is 4. The molecule has 0 unspecified atom stereocenters. The van der Waals surface area contributed by atoms with Crippen LogP contribution in [0.3, 0.4) is 0 Å². The van der Waals surface area contributed by atoms with E-state index in [0.717, 1.165) is 12.8 Å². The standard InChI is InChI=1S/C26H30ClN5O4/c1-26(2,3)36-25(33)31-10-6-7-17(31)14-32-22(27)20(21-23(28)29-15-30-24(21)32)9-8-16-11-18(34-4)13-19(12-16)35-5/h11-13,15,17H,6-7,10,14H2,1-5H3,(H2,28,29,30)/t17-/m1/s1. The highest BCUT2D eigenvalue weighted by Gasteiger charge is 2.33. The number of nitrogens with zero attached hydrogens (tertiary/aromatic N) is 4. The Morgan fingerprint density at radius 1 is 1.17 bits per heavy atom. The van der Waals surface area contributed by atoms with E-state index in [-0.39, 0.29) is 18.0 Å². The van der Waals surface area contributed by atoms with Crippen LogP contribution in [0.2, 0.25) is 5.15 Å². The molecule has 0 saturated carbocycles. The summed E-state index contributed by atoms with van der Waals surface area (Å²) in [6, 6.07) is 5.28. The number of hydrogen-bond donors (Lipinski definition) is 1. The molecule has 1 aromatic carbocycles. The summed E-state index contributed by atoms with van der Waals surface area (Å²) in [6.45, 7) is 6.62. The summed E-state index contributed by atoms with van der Waals surface area (Å²) in [6.07, 6.45) is 2.76. The van der Waals surface area contributed by atoms with Gasteiger partial charge in [-0.25, -0.2) is 14.8 Å². The van der Waals surface area contributed by atoms with Crippen molar-refractivity contribution in [3.05, 3.63) is 40.8 Å². The number of amides is 1. The van der Waals surface area contributed by atoms with Crippen molar-refractivity contribution < 1.29 is 19.0 Å². The van der Waals surface area contributed by atoms with Crippen LogP contribution in [0, 0.1) is 11.8 Å². The van der Waals surface area contributed by atoms with Crippen molar-refractivity contribution in [1.82, 2.24) is 19.4 Å². The first-order chi connectivity index (χ1) is 17.1. The number of aromatic nitrogens is 3. The molecule has 0 spiro atoms. The second kappa shape index (κ2) is 10.2. The van der Waals surface area contributed by atoms with Crippen molar-refractivity contribution in [3.8, 4) is 23.3 Å². The third-order valence-electron chi connectivity index (χ3n) is 5.89. The maximum absolute atomic E-state index is 12.8. The average Bonchev–Trinajstić information content (AvgIpc) is 3.40. The SMILES string of the molecule is COc1cc(C#Cc2c(Cl)n(C[C@H]3CCCN3C(=O)OC(C)(C)C)c3ncnc(N)c23)cc(OC)c1. The number of anilines is 1. The maximum Gasteiger partial charge on any atom is 0.410 e. The van der Waals surface area contributed by atoms with E-state index in [0.29, 0.717) is 51.9 Å². The molecule has 1 saturated heterocycles. The van der Waals surface area contributed by atoms with Crippen molar-refractivity contribution in [2.24, 2.45) is 0 Å². The topological polar surface area (TPSA) is 105 Å². The van der Waals surface area contributed by atoms with Gasteiger partial charge >= 0.3 is 6.09 Å². The number of carbonyl (C=O) groups excluding carboxylic acids is 1. The van der Waals surface area contributed by atoms with Crippen LogP contribution in [0.4, 0.5) is 10.6 Å². The Bertz CT molecular complexity index is 1330. The molecule has 3 heterocycles. The van der Waals surface area contributed by atoms with Crippen LogP contribution < -0.4 is 15.2 Å². The van der Waals surface area contributed by atoms with Crippen molar-refractivity contribution in [3.63, 3.8) is 0 Å². The molecule has 2 aromatic heterocycles. The monoisotopic (exact) mass is 511 g/mol. The number of hydrogen-bond acceptors (Lipinski definition) is 7. The highest BCUT2D eigenvalue weighted by Crippen LogP contribution is 2.33. The third-order valence-corrected chi connectivity index (χ3v) is 6.28. The Labute approximate surface area is 215 Å². The van der Waals surface area contributed by atoms with Gasteiger partial charge in [0.15, 0.2) is 0 Å². The predicted octanol–water partition coefficient (Wildman–Crippen LogP) is 4.48. The van der Waals surface area contributed by atoms with E-state index >= 15 is 0 Å². The number of likely N-dealkylation sites (tertiary alicyclic amines) is 1. The number of methoxy groups -OCH3 is 2. The van der Waals surface area contributed by atoms with Crippen LogP contribution >= 0.6 is 11.6 Å². The van der Waals surface area contributed by atoms with Gasteiger partial charge in [0, 0.05) is 24.7 Å². The Hall–Kier alpha value is -3.64. The lowest BCUT2D eigenvalue weighted by Crippen LogP contribution is -2.41. The number of benzene rings is 1. The summed E-state index contributed by atoms with van der Waals surface area (Å²) in [5, 5.41) is 0.960. The van der Waals surface area contributed by atoms with Gasteiger partial charge in [0.2, 0.25) is 0 Å². The number of ether oxygens (including phenoxy) is 3. The van der Waals surface area contributed by atoms with Crippen LogP contribution in [0.5, 0.6) is 11.5 Å². The fourth-order valence-corrected chi connectivity index (χ4v) is 4.55. The highest BCUT2D eigenvalue weighted by atomic mass is 35.5. The molecule has 1 fully saturated rings. The molecule has 190 valence electrons. The zero-order valence-electron chi connectivity index (χ0n) is 21.1. The van der Waals surface area contributed by atoms with Gasteiger partial charge in [0.1, 0.15) is 40.0 Å². The second-order valence-electron chi connectivity index (χ2n) is 9.56. The summed E-state index contributed by atoms with van der Waals surface area (Å²) in [5.41, 5.74) is 7.44. The molecule has 1 aliphatic rings. The van der Waals surface area contributed by atoms with Crippen LogP contribution in [0.15, 0.2) is 24.5 Å². The Morgan fingerprint density at radius 3 is 2.50 bits per heavy atom. The van der Waals surface area contributed by atoms with E-state index in [1.165, 1.54) is 6.33 Å². The highest BCUT2D eigenvalue weighted by molar-refractivity contribution is 6.32. The first-order valence-electron chi connectivity index (χ1n) is 11.6. The van der Waals surface area contributed by atoms with Gasteiger partial charge < -0.3 is 29.4 Å². The fourth-order valence-electron chi connectivity index (χ4n) is 4.26. The van der Waals surface area contributed by atoms with Crippen LogP contribution in [0.25, 0.3) is 11.0 Å². The van der Waals surface area contributed by atoms with Gasteiger partial charge in [-0.05, 0) is 45.7 Å². The summed E-state index contributed by atoms with van der Waals surface area (Å²) < 4.78 is 18.1. The Kier molecular flexibility index (Phi) is 7.18.